The first-order chi connectivity index (χ1) is 14.9. The molecule has 2 aliphatic rings. The van der Waals surface area contributed by atoms with Gasteiger partial charge < -0.3 is 15.0 Å². The summed E-state index contributed by atoms with van der Waals surface area (Å²) in [5, 5.41) is 2.83. The van der Waals surface area contributed by atoms with Crippen LogP contribution < -0.4 is 10.2 Å². The van der Waals surface area contributed by atoms with E-state index in [0.29, 0.717) is 31.9 Å². The van der Waals surface area contributed by atoms with Gasteiger partial charge in [0.1, 0.15) is 6.54 Å². The SMILES string of the molecule is CCCN(CCC)S(=O)(=O)c1ccc2c(c1)N(CC(=O)NCC1CCCO1)C(=O)CS2. The summed E-state index contributed by atoms with van der Waals surface area (Å²) in [4.78, 5) is 27.4. The number of carbonyl (C=O) groups excluding carboxylic acids is 2. The average Bonchev–Trinajstić information content (AvgIpc) is 3.27. The maximum absolute atomic E-state index is 13.2. The molecule has 2 aliphatic heterocycles. The van der Waals surface area contributed by atoms with Crippen LogP contribution in [0.25, 0.3) is 0 Å². The fraction of sp³-hybridized carbons (Fsp3) is 0.619. The number of amides is 2. The molecule has 3 rings (SSSR count). The van der Waals surface area contributed by atoms with Crippen LogP contribution in [-0.4, -0.2) is 69.2 Å². The van der Waals surface area contributed by atoms with Gasteiger partial charge in [0.05, 0.1) is 22.4 Å². The number of ether oxygens (including phenoxy) is 1. The van der Waals surface area contributed by atoms with E-state index in [9.17, 15) is 18.0 Å². The minimum absolute atomic E-state index is 0.0173. The number of hydrogen-bond acceptors (Lipinski definition) is 6. The predicted octanol–water partition coefficient (Wildman–Crippen LogP) is 2.23. The van der Waals surface area contributed by atoms with E-state index in [1.807, 2.05) is 13.8 Å². The van der Waals surface area contributed by atoms with Crippen molar-refractivity contribution < 1.29 is 22.7 Å². The van der Waals surface area contributed by atoms with Crippen LogP contribution in [0.3, 0.4) is 0 Å². The molecule has 0 radical (unpaired) electrons. The molecule has 0 saturated carbocycles. The Balaban J connectivity index is 1.80. The zero-order chi connectivity index (χ0) is 22.4. The van der Waals surface area contributed by atoms with E-state index in [-0.39, 0.29) is 35.1 Å². The maximum atomic E-state index is 13.2. The number of sulfonamides is 1. The second kappa shape index (κ2) is 10.8. The summed E-state index contributed by atoms with van der Waals surface area (Å²) in [7, 11) is -3.68. The fourth-order valence-electron chi connectivity index (χ4n) is 3.75. The molecule has 31 heavy (non-hydrogen) atoms. The third-order valence-electron chi connectivity index (χ3n) is 5.31. The molecule has 1 fully saturated rings. The van der Waals surface area contributed by atoms with E-state index in [0.717, 1.165) is 30.6 Å². The molecule has 0 aromatic heterocycles. The molecule has 1 atom stereocenters. The first-order valence-corrected chi connectivity index (χ1v) is 13.2. The van der Waals surface area contributed by atoms with Gasteiger partial charge in [0.25, 0.3) is 0 Å². The quantitative estimate of drug-likeness (QED) is 0.565. The van der Waals surface area contributed by atoms with Gasteiger partial charge in [0, 0.05) is 31.1 Å². The van der Waals surface area contributed by atoms with E-state index < -0.39 is 10.0 Å². The zero-order valence-corrected chi connectivity index (χ0v) is 19.8. The molecule has 1 unspecified atom stereocenters. The fourth-order valence-corrected chi connectivity index (χ4v) is 6.31. The highest BCUT2D eigenvalue weighted by molar-refractivity contribution is 8.00. The number of nitrogens with one attached hydrogen (secondary N) is 1. The summed E-state index contributed by atoms with van der Waals surface area (Å²) in [6, 6.07) is 4.85. The topological polar surface area (TPSA) is 96.0 Å². The maximum Gasteiger partial charge on any atom is 0.243 e. The lowest BCUT2D eigenvalue weighted by Gasteiger charge is -2.29. The summed E-state index contributed by atoms with van der Waals surface area (Å²) >= 11 is 1.36. The Hall–Kier alpha value is -1.62. The van der Waals surface area contributed by atoms with Crippen LogP contribution in [0.5, 0.6) is 0 Å². The third-order valence-corrected chi connectivity index (χ3v) is 8.25. The van der Waals surface area contributed by atoms with Gasteiger partial charge in [-0.05, 0) is 43.9 Å². The van der Waals surface area contributed by atoms with Gasteiger partial charge in [0.2, 0.25) is 21.8 Å². The summed E-state index contributed by atoms with van der Waals surface area (Å²) < 4.78 is 33.4. The lowest BCUT2D eigenvalue weighted by Crippen LogP contribution is -2.44. The van der Waals surface area contributed by atoms with Gasteiger partial charge in [-0.15, -0.1) is 11.8 Å². The van der Waals surface area contributed by atoms with Crippen molar-refractivity contribution in [1.29, 1.82) is 0 Å². The van der Waals surface area contributed by atoms with Crippen LogP contribution >= 0.6 is 11.8 Å². The lowest BCUT2D eigenvalue weighted by atomic mass is 10.2. The number of rotatable bonds is 10. The molecule has 172 valence electrons. The van der Waals surface area contributed by atoms with Crippen molar-refractivity contribution >= 4 is 39.3 Å². The monoisotopic (exact) mass is 469 g/mol. The molecule has 0 bridgehead atoms. The highest BCUT2D eigenvalue weighted by atomic mass is 32.2. The summed E-state index contributed by atoms with van der Waals surface area (Å²) in [6.45, 7) is 5.75. The molecule has 1 aromatic rings. The van der Waals surface area contributed by atoms with Gasteiger partial charge in [-0.25, -0.2) is 8.42 Å². The molecule has 0 spiro atoms. The number of nitrogens with zero attached hydrogens (tertiary/aromatic N) is 2. The normalized spacial score (nSPS) is 19.0. The predicted molar refractivity (Wildman–Crippen MR) is 121 cm³/mol. The Morgan fingerprint density at radius 3 is 2.68 bits per heavy atom. The summed E-state index contributed by atoms with van der Waals surface area (Å²) in [5.41, 5.74) is 0.475. The molecule has 1 aromatic carbocycles. The highest BCUT2D eigenvalue weighted by Crippen LogP contribution is 2.37. The standard InChI is InChI=1S/C21H31N3O5S2/c1-3-9-23(10-4-2)31(27,28)17-7-8-19-18(12-17)24(21(26)15-30-19)14-20(25)22-13-16-6-5-11-29-16/h7-8,12,16H,3-6,9-11,13-15H2,1-2H3,(H,22,25). The van der Waals surface area contributed by atoms with E-state index in [1.54, 1.807) is 12.1 Å². The highest BCUT2D eigenvalue weighted by Gasteiger charge is 2.30. The number of benzene rings is 1. The number of carbonyl (C=O) groups is 2. The molecule has 8 nitrogen and oxygen atoms in total. The van der Waals surface area contributed by atoms with Crippen LogP contribution in [-0.2, 0) is 24.3 Å². The van der Waals surface area contributed by atoms with Crippen molar-refractivity contribution in [1.82, 2.24) is 9.62 Å². The Morgan fingerprint density at radius 1 is 1.29 bits per heavy atom. The van der Waals surface area contributed by atoms with Crippen molar-refractivity contribution in [2.45, 2.75) is 55.4 Å². The van der Waals surface area contributed by atoms with Crippen LogP contribution in [0.15, 0.2) is 28.0 Å². The van der Waals surface area contributed by atoms with Gasteiger partial charge in [0.15, 0.2) is 0 Å². The first kappa shape index (κ1) is 24.0. The third kappa shape index (κ3) is 5.79. The van der Waals surface area contributed by atoms with E-state index >= 15 is 0 Å². The zero-order valence-electron chi connectivity index (χ0n) is 18.1. The largest absolute Gasteiger partial charge is 0.376 e. The minimum atomic E-state index is -3.68. The van der Waals surface area contributed by atoms with Gasteiger partial charge >= 0.3 is 0 Å². The minimum Gasteiger partial charge on any atom is -0.376 e. The molecular formula is C21H31N3O5S2. The number of hydrogen-bond donors (Lipinski definition) is 1. The summed E-state index contributed by atoms with van der Waals surface area (Å²) in [6.07, 6.45) is 3.35. The smallest absolute Gasteiger partial charge is 0.243 e. The number of anilines is 1. The molecule has 1 N–H and O–H groups in total. The molecular weight excluding hydrogens is 438 g/mol. The van der Waals surface area contributed by atoms with Crippen molar-refractivity contribution in [3.63, 3.8) is 0 Å². The van der Waals surface area contributed by atoms with E-state index in [2.05, 4.69) is 5.32 Å². The Kier molecular flexibility index (Phi) is 8.37. The summed E-state index contributed by atoms with van der Waals surface area (Å²) in [5.74, 6) is -0.276. The second-order valence-electron chi connectivity index (χ2n) is 7.74. The molecule has 2 amide bonds. The molecule has 1 saturated heterocycles. The molecule has 0 aliphatic carbocycles. The van der Waals surface area contributed by atoms with Crippen molar-refractivity contribution in [2.24, 2.45) is 0 Å². The van der Waals surface area contributed by atoms with Crippen molar-refractivity contribution in [3.05, 3.63) is 18.2 Å². The van der Waals surface area contributed by atoms with Crippen molar-refractivity contribution in [3.8, 4) is 0 Å². The Bertz CT molecular complexity index is 894. The molecule has 10 heteroatoms. The van der Waals surface area contributed by atoms with Crippen molar-refractivity contribution in [2.75, 3.05) is 43.4 Å². The van der Waals surface area contributed by atoms with Crippen LogP contribution in [0.1, 0.15) is 39.5 Å². The first-order valence-electron chi connectivity index (χ1n) is 10.8. The number of thioether (sulfide) groups is 1. The van der Waals surface area contributed by atoms with E-state index in [1.165, 1.54) is 27.0 Å². The molecule has 2 heterocycles. The van der Waals surface area contributed by atoms with Crippen LogP contribution in [0.2, 0.25) is 0 Å². The van der Waals surface area contributed by atoms with Crippen LogP contribution in [0.4, 0.5) is 5.69 Å². The second-order valence-corrected chi connectivity index (χ2v) is 10.7. The van der Waals surface area contributed by atoms with Gasteiger partial charge in [-0.3, -0.25) is 9.59 Å². The van der Waals surface area contributed by atoms with Gasteiger partial charge in [-0.1, -0.05) is 13.8 Å². The number of fused-ring (bicyclic) bond motifs is 1. The van der Waals surface area contributed by atoms with E-state index in [4.69, 9.17) is 4.74 Å². The Morgan fingerprint density at radius 2 is 2.03 bits per heavy atom. The lowest BCUT2D eigenvalue weighted by molar-refractivity contribution is -0.123. The van der Waals surface area contributed by atoms with Crippen LogP contribution in [0, 0.1) is 0 Å². The van der Waals surface area contributed by atoms with Gasteiger partial charge in [-0.2, -0.15) is 4.31 Å². The Labute approximate surface area is 188 Å². The average molecular weight is 470 g/mol.